The van der Waals surface area contributed by atoms with Gasteiger partial charge in [0.2, 0.25) is 0 Å². The Labute approximate surface area is 150 Å². The first-order valence-corrected chi connectivity index (χ1v) is 8.53. The van der Waals surface area contributed by atoms with Crippen LogP contribution in [0.4, 0.5) is 4.39 Å². The summed E-state index contributed by atoms with van der Waals surface area (Å²) in [6, 6.07) is 14.4. The molecule has 0 atom stereocenters. The predicted molar refractivity (Wildman–Crippen MR) is 95.2 cm³/mol. The van der Waals surface area contributed by atoms with E-state index in [-0.39, 0.29) is 24.3 Å². The minimum Gasteiger partial charge on any atom is -0.487 e. The van der Waals surface area contributed by atoms with Crippen LogP contribution in [0.3, 0.4) is 0 Å². The number of benzene rings is 2. The van der Waals surface area contributed by atoms with Crippen molar-refractivity contribution in [3.63, 3.8) is 0 Å². The molecule has 26 heavy (non-hydrogen) atoms. The number of ether oxygens (including phenoxy) is 1. The van der Waals surface area contributed by atoms with Crippen LogP contribution >= 0.6 is 0 Å². The molecule has 0 saturated heterocycles. The molecule has 1 aliphatic rings. The van der Waals surface area contributed by atoms with E-state index in [1.807, 2.05) is 30.3 Å². The monoisotopic (exact) mass is 351 g/mol. The van der Waals surface area contributed by atoms with Crippen LogP contribution in [-0.4, -0.2) is 22.2 Å². The topological polar surface area (TPSA) is 67.0 Å². The third kappa shape index (κ3) is 3.44. The van der Waals surface area contributed by atoms with Gasteiger partial charge in [-0.3, -0.25) is 9.89 Å². The van der Waals surface area contributed by atoms with Crippen molar-refractivity contribution in [2.45, 2.75) is 25.5 Å². The molecule has 1 fully saturated rings. The fraction of sp³-hybridized carbons (Fsp3) is 0.200. The first kappa shape index (κ1) is 16.3. The van der Waals surface area contributed by atoms with Crippen LogP contribution in [0.15, 0.2) is 54.7 Å². The minimum atomic E-state index is -0.421. The number of nitrogens with one attached hydrogen (secondary N) is 2. The average molecular weight is 351 g/mol. The Morgan fingerprint density at radius 1 is 1.19 bits per heavy atom. The zero-order valence-corrected chi connectivity index (χ0v) is 14.0. The molecule has 0 aliphatic heterocycles. The van der Waals surface area contributed by atoms with Crippen LogP contribution in [0.1, 0.15) is 28.8 Å². The summed E-state index contributed by atoms with van der Waals surface area (Å²) < 4.78 is 20.1. The number of carbonyl (C=O) groups excluding carboxylic acids is 1. The van der Waals surface area contributed by atoms with Crippen LogP contribution in [0.5, 0.6) is 5.75 Å². The van der Waals surface area contributed by atoms with Gasteiger partial charge in [-0.15, -0.1) is 0 Å². The summed E-state index contributed by atoms with van der Waals surface area (Å²) in [5.74, 6) is -0.492. The fourth-order valence-corrected chi connectivity index (χ4v) is 2.70. The second-order valence-corrected chi connectivity index (χ2v) is 6.25. The van der Waals surface area contributed by atoms with E-state index in [9.17, 15) is 9.18 Å². The van der Waals surface area contributed by atoms with Gasteiger partial charge in [-0.05, 0) is 18.9 Å². The number of hydrogen-bond donors (Lipinski definition) is 2. The van der Waals surface area contributed by atoms with Crippen molar-refractivity contribution >= 4 is 5.91 Å². The molecule has 1 aliphatic carbocycles. The molecule has 0 bridgehead atoms. The molecule has 2 N–H and O–H groups in total. The van der Waals surface area contributed by atoms with E-state index in [2.05, 4.69) is 15.5 Å². The van der Waals surface area contributed by atoms with E-state index in [1.54, 1.807) is 18.2 Å². The maximum atomic E-state index is 14.5. The summed E-state index contributed by atoms with van der Waals surface area (Å²) in [6.45, 7) is 0.0753. The Balaban J connectivity index is 1.48. The summed E-state index contributed by atoms with van der Waals surface area (Å²) in [7, 11) is 0. The molecule has 3 aromatic rings. The van der Waals surface area contributed by atoms with Gasteiger partial charge in [0, 0.05) is 17.7 Å². The Morgan fingerprint density at radius 2 is 2.00 bits per heavy atom. The highest BCUT2D eigenvalue weighted by atomic mass is 19.1. The van der Waals surface area contributed by atoms with Gasteiger partial charge in [0.05, 0.1) is 23.6 Å². The number of carbonyl (C=O) groups is 1. The third-order valence-corrected chi connectivity index (χ3v) is 4.25. The first-order valence-electron chi connectivity index (χ1n) is 8.53. The third-order valence-electron chi connectivity index (χ3n) is 4.25. The molecule has 4 rings (SSSR count). The van der Waals surface area contributed by atoms with Crippen LogP contribution in [-0.2, 0) is 6.54 Å². The minimum absolute atomic E-state index is 0.0753. The van der Waals surface area contributed by atoms with Gasteiger partial charge in [-0.25, -0.2) is 4.39 Å². The molecule has 0 unspecified atom stereocenters. The second kappa shape index (κ2) is 7.00. The van der Waals surface area contributed by atoms with Crippen molar-refractivity contribution in [2.24, 2.45) is 0 Å². The number of nitrogens with zero attached hydrogens (tertiary/aromatic N) is 1. The Kier molecular flexibility index (Phi) is 4.39. The summed E-state index contributed by atoms with van der Waals surface area (Å²) in [5, 5.41) is 9.57. The molecule has 1 aromatic heterocycles. The maximum Gasteiger partial charge on any atom is 0.255 e. The number of aromatic nitrogens is 2. The predicted octanol–water partition coefficient (Wildman–Crippen LogP) is 3.69. The molecule has 5 nitrogen and oxygen atoms in total. The number of halogens is 1. The first-order chi connectivity index (χ1) is 12.7. The molecule has 0 radical (unpaired) electrons. The van der Waals surface area contributed by atoms with Crippen molar-refractivity contribution in [1.29, 1.82) is 0 Å². The summed E-state index contributed by atoms with van der Waals surface area (Å²) in [6.07, 6.45) is 3.51. The number of aromatic amines is 1. The van der Waals surface area contributed by atoms with E-state index in [1.165, 1.54) is 6.20 Å². The van der Waals surface area contributed by atoms with Crippen LogP contribution < -0.4 is 10.1 Å². The number of amides is 1. The highest BCUT2D eigenvalue weighted by Crippen LogP contribution is 2.29. The maximum absolute atomic E-state index is 14.5. The summed E-state index contributed by atoms with van der Waals surface area (Å²) in [5.41, 5.74) is 2.30. The molecule has 1 saturated carbocycles. The Morgan fingerprint density at radius 3 is 2.77 bits per heavy atom. The zero-order chi connectivity index (χ0) is 17.9. The molecule has 132 valence electrons. The second-order valence-electron chi connectivity index (χ2n) is 6.25. The molecule has 1 amide bonds. The molecular formula is C20H18FN3O2. The molecular weight excluding hydrogens is 333 g/mol. The smallest absolute Gasteiger partial charge is 0.255 e. The Hall–Kier alpha value is -3.15. The highest BCUT2D eigenvalue weighted by Gasteiger charge is 2.25. The average Bonchev–Trinajstić information content (AvgIpc) is 3.34. The SMILES string of the molecule is O=C(NCc1cccc(OC2CC2)c1F)c1cn[nH]c1-c1ccccc1. The van der Waals surface area contributed by atoms with Gasteiger partial charge in [0.1, 0.15) is 0 Å². The lowest BCUT2D eigenvalue weighted by molar-refractivity contribution is 0.0951. The van der Waals surface area contributed by atoms with E-state index in [0.717, 1.165) is 18.4 Å². The van der Waals surface area contributed by atoms with E-state index >= 15 is 0 Å². The van der Waals surface area contributed by atoms with E-state index in [0.29, 0.717) is 16.8 Å². The number of rotatable bonds is 6. The fourth-order valence-electron chi connectivity index (χ4n) is 2.70. The summed E-state index contributed by atoms with van der Waals surface area (Å²) in [4.78, 5) is 12.5. The largest absolute Gasteiger partial charge is 0.487 e. The van der Waals surface area contributed by atoms with Crippen LogP contribution in [0.25, 0.3) is 11.3 Å². The van der Waals surface area contributed by atoms with Crippen molar-refractivity contribution < 1.29 is 13.9 Å². The van der Waals surface area contributed by atoms with Gasteiger partial charge >= 0.3 is 0 Å². The standard InChI is InChI=1S/C20H18FN3O2/c21-18-14(7-4-8-17(18)26-15-9-10-15)11-22-20(25)16-12-23-24-19(16)13-5-2-1-3-6-13/h1-8,12,15H,9-11H2,(H,22,25)(H,23,24). The summed E-state index contributed by atoms with van der Waals surface area (Å²) >= 11 is 0. The van der Waals surface area contributed by atoms with Crippen molar-refractivity contribution in [2.75, 3.05) is 0 Å². The normalized spacial score (nSPS) is 13.4. The zero-order valence-electron chi connectivity index (χ0n) is 14.0. The van der Waals surface area contributed by atoms with E-state index < -0.39 is 5.82 Å². The lowest BCUT2D eigenvalue weighted by Crippen LogP contribution is -2.23. The number of H-pyrrole nitrogens is 1. The molecule has 2 aromatic carbocycles. The molecule has 0 spiro atoms. The molecule has 6 heteroatoms. The van der Waals surface area contributed by atoms with Crippen molar-refractivity contribution in [3.05, 3.63) is 71.7 Å². The van der Waals surface area contributed by atoms with E-state index in [4.69, 9.17) is 4.74 Å². The molecule has 1 heterocycles. The van der Waals surface area contributed by atoms with Gasteiger partial charge < -0.3 is 10.1 Å². The van der Waals surface area contributed by atoms with Gasteiger partial charge in [-0.2, -0.15) is 5.10 Å². The highest BCUT2D eigenvalue weighted by molar-refractivity contribution is 5.99. The Bertz CT molecular complexity index is 920. The lowest BCUT2D eigenvalue weighted by atomic mass is 10.1. The number of hydrogen-bond acceptors (Lipinski definition) is 3. The quantitative estimate of drug-likeness (QED) is 0.712. The lowest BCUT2D eigenvalue weighted by Gasteiger charge is -2.10. The van der Waals surface area contributed by atoms with Gasteiger partial charge in [-0.1, -0.05) is 42.5 Å². The van der Waals surface area contributed by atoms with Gasteiger partial charge in [0.15, 0.2) is 11.6 Å². The van der Waals surface area contributed by atoms with Crippen LogP contribution in [0.2, 0.25) is 0 Å². The van der Waals surface area contributed by atoms with Crippen LogP contribution in [0, 0.1) is 5.82 Å². The van der Waals surface area contributed by atoms with Crippen molar-refractivity contribution in [3.8, 4) is 17.0 Å². The van der Waals surface area contributed by atoms with Crippen molar-refractivity contribution in [1.82, 2.24) is 15.5 Å². The van der Waals surface area contributed by atoms with Gasteiger partial charge in [0.25, 0.3) is 5.91 Å².